The van der Waals surface area contributed by atoms with E-state index in [1.165, 1.54) is 11.1 Å². The molecule has 0 bridgehead atoms. The largest absolute Gasteiger partial charge is 0.352 e. The number of nitrogens with one attached hydrogen (secondary N) is 1. The molecule has 29 heavy (non-hydrogen) atoms. The van der Waals surface area contributed by atoms with Gasteiger partial charge in [-0.15, -0.1) is 0 Å². The normalized spacial score (nSPS) is 11.9. The van der Waals surface area contributed by atoms with Gasteiger partial charge in [0.1, 0.15) is 6.04 Å². The van der Waals surface area contributed by atoms with Crippen molar-refractivity contribution >= 4 is 23.6 Å². The van der Waals surface area contributed by atoms with Gasteiger partial charge >= 0.3 is 0 Å². The molecule has 0 aliphatic rings. The summed E-state index contributed by atoms with van der Waals surface area (Å²) in [7, 11) is 0. The summed E-state index contributed by atoms with van der Waals surface area (Å²) in [6.45, 7) is 6.22. The lowest BCUT2D eigenvalue weighted by Crippen LogP contribution is -2.50. The second-order valence-corrected chi connectivity index (χ2v) is 8.56. The third kappa shape index (κ3) is 8.32. The van der Waals surface area contributed by atoms with Crippen LogP contribution in [-0.4, -0.2) is 41.1 Å². The van der Waals surface area contributed by atoms with Crippen molar-refractivity contribution in [2.24, 2.45) is 0 Å². The Labute approximate surface area is 179 Å². The fourth-order valence-electron chi connectivity index (χ4n) is 3.04. The van der Waals surface area contributed by atoms with Crippen LogP contribution in [0.25, 0.3) is 0 Å². The van der Waals surface area contributed by atoms with Crippen molar-refractivity contribution in [3.8, 4) is 0 Å². The average Bonchev–Trinajstić information content (AvgIpc) is 2.72. The van der Waals surface area contributed by atoms with Crippen LogP contribution in [0.2, 0.25) is 0 Å². The van der Waals surface area contributed by atoms with Gasteiger partial charge in [0.25, 0.3) is 0 Å². The van der Waals surface area contributed by atoms with Crippen LogP contribution < -0.4 is 5.32 Å². The van der Waals surface area contributed by atoms with E-state index in [1.807, 2.05) is 57.2 Å². The summed E-state index contributed by atoms with van der Waals surface area (Å²) in [6, 6.07) is 19.9. The second kappa shape index (κ2) is 12.3. The van der Waals surface area contributed by atoms with E-state index >= 15 is 0 Å². The maximum atomic E-state index is 12.9. The standard InChI is InChI=1S/C24H32N2O2S/c1-19(2)25-24(28)20(3)26(16-14-21-10-6-4-7-11-21)23(27)15-17-29-18-22-12-8-5-9-13-22/h4-13,19-20H,14-18H2,1-3H3,(H,25,28). The molecule has 5 heteroatoms. The van der Waals surface area contributed by atoms with Gasteiger partial charge in [-0.05, 0) is 38.3 Å². The summed E-state index contributed by atoms with van der Waals surface area (Å²) in [5, 5.41) is 2.93. The van der Waals surface area contributed by atoms with Crippen molar-refractivity contribution in [2.75, 3.05) is 12.3 Å². The molecule has 1 unspecified atom stereocenters. The lowest BCUT2D eigenvalue weighted by Gasteiger charge is -2.29. The van der Waals surface area contributed by atoms with E-state index in [0.29, 0.717) is 13.0 Å². The van der Waals surface area contributed by atoms with Gasteiger partial charge in [0.2, 0.25) is 11.8 Å². The van der Waals surface area contributed by atoms with Crippen LogP contribution in [0.15, 0.2) is 60.7 Å². The number of rotatable bonds is 11. The highest BCUT2D eigenvalue weighted by Gasteiger charge is 2.25. The summed E-state index contributed by atoms with van der Waals surface area (Å²) in [6.07, 6.45) is 1.18. The highest BCUT2D eigenvalue weighted by molar-refractivity contribution is 7.98. The molecule has 2 aromatic carbocycles. The van der Waals surface area contributed by atoms with E-state index in [-0.39, 0.29) is 17.9 Å². The molecule has 2 amide bonds. The molecule has 2 aromatic rings. The fourth-order valence-corrected chi connectivity index (χ4v) is 3.93. The molecule has 1 atom stereocenters. The topological polar surface area (TPSA) is 49.4 Å². The first kappa shape index (κ1) is 23.0. The van der Waals surface area contributed by atoms with Crippen molar-refractivity contribution in [3.63, 3.8) is 0 Å². The Morgan fingerprint density at radius 3 is 2.10 bits per heavy atom. The summed E-state index contributed by atoms with van der Waals surface area (Å²) >= 11 is 1.75. The lowest BCUT2D eigenvalue weighted by atomic mass is 10.1. The van der Waals surface area contributed by atoms with Crippen molar-refractivity contribution in [2.45, 2.75) is 51.4 Å². The highest BCUT2D eigenvalue weighted by Crippen LogP contribution is 2.15. The van der Waals surface area contributed by atoms with Gasteiger partial charge < -0.3 is 10.2 Å². The van der Waals surface area contributed by atoms with E-state index in [9.17, 15) is 9.59 Å². The number of benzene rings is 2. The summed E-state index contributed by atoms with van der Waals surface area (Å²) in [5.41, 5.74) is 2.43. The Kier molecular flexibility index (Phi) is 9.78. The molecular weight excluding hydrogens is 380 g/mol. The Bertz CT molecular complexity index is 750. The molecule has 0 aliphatic heterocycles. The number of thioether (sulfide) groups is 1. The molecule has 0 saturated heterocycles. The van der Waals surface area contributed by atoms with E-state index < -0.39 is 6.04 Å². The van der Waals surface area contributed by atoms with Gasteiger partial charge in [0.05, 0.1) is 0 Å². The summed E-state index contributed by atoms with van der Waals surface area (Å²) < 4.78 is 0. The fraction of sp³-hybridized carbons (Fsp3) is 0.417. The number of hydrogen-bond acceptors (Lipinski definition) is 3. The SMILES string of the molecule is CC(C)NC(=O)C(C)N(CCc1ccccc1)C(=O)CCSCc1ccccc1. The zero-order chi connectivity index (χ0) is 21.1. The summed E-state index contributed by atoms with van der Waals surface area (Å²) in [4.78, 5) is 27.2. The third-order valence-electron chi connectivity index (χ3n) is 4.65. The lowest BCUT2D eigenvalue weighted by molar-refractivity contribution is -0.139. The minimum absolute atomic E-state index is 0.0351. The predicted octanol–water partition coefficient (Wildman–Crippen LogP) is 4.29. The van der Waals surface area contributed by atoms with Crippen molar-refractivity contribution < 1.29 is 9.59 Å². The molecule has 0 aliphatic carbocycles. The van der Waals surface area contributed by atoms with E-state index in [1.54, 1.807) is 16.7 Å². The zero-order valence-electron chi connectivity index (χ0n) is 17.6. The van der Waals surface area contributed by atoms with Gasteiger partial charge in [-0.3, -0.25) is 9.59 Å². The van der Waals surface area contributed by atoms with Crippen LogP contribution in [0.5, 0.6) is 0 Å². The van der Waals surface area contributed by atoms with Gasteiger partial charge in [0, 0.05) is 30.5 Å². The number of carbonyl (C=O) groups excluding carboxylic acids is 2. The number of amides is 2. The predicted molar refractivity (Wildman–Crippen MR) is 122 cm³/mol. The van der Waals surface area contributed by atoms with E-state index in [4.69, 9.17) is 0 Å². The molecule has 0 radical (unpaired) electrons. The summed E-state index contributed by atoms with van der Waals surface area (Å²) in [5.74, 6) is 1.57. The maximum absolute atomic E-state index is 12.9. The Morgan fingerprint density at radius 1 is 0.931 bits per heavy atom. The molecule has 0 spiro atoms. The number of nitrogens with zero attached hydrogens (tertiary/aromatic N) is 1. The van der Waals surface area contributed by atoms with E-state index in [2.05, 4.69) is 29.6 Å². The molecule has 0 heterocycles. The van der Waals surface area contributed by atoms with Crippen LogP contribution in [0.4, 0.5) is 0 Å². The monoisotopic (exact) mass is 412 g/mol. The van der Waals surface area contributed by atoms with Crippen molar-refractivity contribution in [3.05, 3.63) is 71.8 Å². The quantitative estimate of drug-likeness (QED) is 0.560. The van der Waals surface area contributed by atoms with Crippen molar-refractivity contribution in [1.29, 1.82) is 0 Å². The first-order valence-electron chi connectivity index (χ1n) is 10.2. The van der Waals surface area contributed by atoms with Crippen molar-refractivity contribution in [1.82, 2.24) is 10.2 Å². The second-order valence-electron chi connectivity index (χ2n) is 7.45. The first-order chi connectivity index (χ1) is 14.0. The number of carbonyl (C=O) groups is 2. The molecule has 0 saturated carbocycles. The van der Waals surface area contributed by atoms with E-state index in [0.717, 1.165) is 17.9 Å². The average molecular weight is 413 g/mol. The van der Waals surface area contributed by atoms with Gasteiger partial charge in [-0.25, -0.2) is 0 Å². The molecule has 1 N–H and O–H groups in total. The van der Waals surface area contributed by atoms with Gasteiger partial charge in [0.15, 0.2) is 0 Å². The van der Waals surface area contributed by atoms with Crippen LogP contribution in [-0.2, 0) is 21.8 Å². The Morgan fingerprint density at radius 2 is 1.52 bits per heavy atom. The van der Waals surface area contributed by atoms with Crippen LogP contribution in [0.1, 0.15) is 38.3 Å². The smallest absolute Gasteiger partial charge is 0.242 e. The Balaban J connectivity index is 1.92. The highest BCUT2D eigenvalue weighted by atomic mass is 32.2. The van der Waals surface area contributed by atoms with Crippen LogP contribution in [0.3, 0.4) is 0 Å². The van der Waals surface area contributed by atoms with Crippen LogP contribution >= 0.6 is 11.8 Å². The van der Waals surface area contributed by atoms with Crippen LogP contribution in [0, 0.1) is 0 Å². The number of hydrogen-bond donors (Lipinski definition) is 1. The Hall–Kier alpha value is -2.27. The molecular formula is C24H32N2O2S. The molecule has 0 aromatic heterocycles. The minimum atomic E-state index is -0.479. The first-order valence-corrected chi connectivity index (χ1v) is 11.4. The molecule has 156 valence electrons. The third-order valence-corrected chi connectivity index (χ3v) is 5.68. The molecule has 4 nitrogen and oxygen atoms in total. The van der Waals surface area contributed by atoms with Gasteiger partial charge in [-0.1, -0.05) is 60.7 Å². The zero-order valence-corrected chi connectivity index (χ0v) is 18.5. The molecule has 0 fully saturated rings. The maximum Gasteiger partial charge on any atom is 0.242 e. The molecule has 2 rings (SSSR count). The minimum Gasteiger partial charge on any atom is -0.352 e. The van der Waals surface area contributed by atoms with Gasteiger partial charge in [-0.2, -0.15) is 11.8 Å².